The van der Waals surface area contributed by atoms with Crippen LogP contribution in [-0.2, 0) is 0 Å². The molecule has 0 unspecified atom stereocenters. The van der Waals surface area contributed by atoms with Gasteiger partial charge in [-0.3, -0.25) is 4.79 Å². The molecular formula is C13H14N2O. The van der Waals surface area contributed by atoms with Crippen molar-refractivity contribution in [3.8, 4) is 0 Å². The van der Waals surface area contributed by atoms with Crippen LogP contribution >= 0.6 is 0 Å². The van der Waals surface area contributed by atoms with Crippen LogP contribution in [0.2, 0.25) is 0 Å². The molecule has 3 heteroatoms. The summed E-state index contributed by atoms with van der Waals surface area (Å²) in [4.78, 5) is 10.0. The molecule has 0 aliphatic carbocycles. The SMILES string of the molecule is Nc1ccccc1N.O=Cc1ccccc1. The minimum Gasteiger partial charge on any atom is -0.397 e. The zero-order valence-electron chi connectivity index (χ0n) is 8.84. The van der Waals surface area contributed by atoms with Crippen molar-refractivity contribution in [1.82, 2.24) is 0 Å². The van der Waals surface area contributed by atoms with E-state index in [4.69, 9.17) is 11.5 Å². The number of aldehydes is 1. The number of rotatable bonds is 1. The van der Waals surface area contributed by atoms with Crippen molar-refractivity contribution < 1.29 is 4.79 Å². The van der Waals surface area contributed by atoms with Gasteiger partial charge in [0.05, 0.1) is 11.4 Å². The van der Waals surface area contributed by atoms with Crippen molar-refractivity contribution in [1.29, 1.82) is 0 Å². The van der Waals surface area contributed by atoms with E-state index < -0.39 is 0 Å². The molecule has 2 aromatic rings. The first-order valence-corrected chi connectivity index (χ1v) is 4.84. The van der Waals surface area contributed by atoms with Gasteiger partial charge in [-0.1, -0.05) is 42.5 Å². The van der Waals surface area contributed by atoms with Gasteiger partial charge in [-0.25, -0.2) is 0 Å². The molecule has 82 valence electrons. The van der Waals surface area contributed by atoms with Gasteiger partial charge in [0.1, 0.15) is 6.29 Å². The van der Waals surface area contributed by atoms with E-state index in [-0.39, 0.29) is 0 Å². The minimum absolute atomic E-state index is 0.646. The molecule has 0 amide bonds. The van der Waals surface area contributed by atoms with Crippen molar-refractivity contribution in [3.05, 3.63) is 60.2 Å². The molecule has 0 bridgehead atoms. The van der Waals surface area contributed by atoms with Crippen molar-refractivity contribution in [2.24, 2.45) is 0 Å². The average Bonchev–Trinajstić information content (AvgIpc) is 2.35. The Hall–Kier alpha value is -2.29. The number of para-hydroxylation sites is 2. The second-order valence-corrected chi connectivity index (χ2v) is 3.16. The second kappa shape index (κ2) is 6.24. The van der Waals surface area contributed by atoms with Gasteiger partial charge in [0.15, 0.2) is 0 Å². The summed E-state index contributed by atoms with van der Waals surface area (Å²) in [5, 5.41) is 0. The third kappa shape index (κ3) is 3.84. The standard InChI is InChI=1S/C7H6O.C6H8N2/c8-6-7-4-2-1-3-5-7;7-5-3-1-2-4-6(5)8/h1-6H;1-4H,7-8H2. The molecule has 0 spiro atoms. The van der Waals surface area contributed by atoms with Crippen LogP contribution in [0.25, 0.3) is 0 Å². The largest absolute Gasteiger partial charge is 0.397 e. The molecule has 2 rings (SSSR count). The van der Waals surface area contributed by atoms with Gasteiger partial charge in [-0.15, -0.1) is 0 Å². The summed E-state index contributed by atoms with van der Waals surface area (Å²) in [7, 11) is 0. The van der Waals surface area contributed by atoms with Crippen molar-refractivity contribution in [2.45, 2.75) is 0 Å². The molecule has 0 saturated heterocycles. The van der Waals surface area contributed by atoms with Gasteiger partial charge >= 0.3 is 0 Å². The van der Waals surface area contributed by atoms with Gasteiger partial charge in [0.25, 0.3) is 0 Å². The highest BCUT2D eigenvalue weighted by molar-refractivity contribution is 5.74. The van der Waals surface area contributed by atoms with Gasteiger partial charge in [0.2, 0.25) is 0 Å². The summed E-state index contributed by atoms with van der Waals surface area (Å²) < 4.78 is 0. The topological polar surface area (TPSA) is 69.1 Å². The molecule has 0 atom stereocenters. The number of carbonyl (C=O) groups excluding carboxylic acids is 1. The van der Waals surface area contributed by atoms with E-state index in [1.807, 2.05) is 30.3 Å². The number of anilines is 2. The van der Waals surface area contributed by atoms with Crippen LogP contribution in [0.1, 0.15) is 10.4 Å². The molecule has 0 heterocycles. The summed E-state index contributed by atoms with van der Waals surface area (Å²) in [6.07, 6.45) is 0.833. The zero-order valence-corrected chi connectivity index (χ0v) is 8.84. The third-order valence-electron chi connectivity index (χ3n) is 1.93. The molecule has 16 heavy (non-hydrogen) atoms. The van der Waals surface area contributed by atoms with Crippen LogP contribution in [0.5, 0.6) is 0 Å². The van der Waals surface area contributed by atoms with Crippen LogP contribution in [0, 0.1) is 0 Å². The van der Waals surface area contributed by atoms with E-state index in [2.05, 4.69) is 0 Å². The predicted octanol–water partition coefficient (Wildman–Crippen LogP) is 2.35. The van der Waals surface area contributed by atoms with Crippen molar-refractivity contribution in [2.75, 3.05) is 11.5 Å². The first-order chi connectivity index (χ1) is 7.74. The lowest BCUT2D eigenvalue weighted by Crippen LogP contribution is -1.91. The Morgan fingerprint density at radius 1 is 0.750 bits per heavy atom. The van der Waals surface area contributed by atoms with Gasteiger partial charge in [-0.05, 0) is 12.1 Å². The molecule has 3 nitrogen and oxygen atoms in total. The van der Waals surface area contributed by atoms with E-state index in [1.54, 1.807) is 24.3 Å². The highest BCUT2D eigenvalue weighted by atomic mass is 16.1. The van der Waals surface area contributed by atoms with Gasteiger partial charge < -0.3 is 11.5 Å². The van der Waals surface area contributed by atoms with E-state index in [1.165, 1.54) is 0 Å². The second-order valence-electron chi connectivity index (χ2n) is 3.16. The Bertz CT molecular complexity index is 420. The molecule has 0 aliphatic rings. The molecule has 4 N–H and O–H groups in total. The molecule has 0 radical (unpaired) electrons. The fraction of sp³-hybridized carbons (Fsp3) is 0. The smallest absolute Gasteiger partial charge is 0.150 e. The molecule has 0 aliphatic heterocycles. The lowest BCUT2D eigenvalue weighted by Gasteiger charge is -1.94. The molecule has 0 fully saturated rings. The predicted molar refractivity (Wildman–Crippen MR) is 67.1 cm³/mol. The van der Waals surface area contributed by atoms with Gasteiger partial charge in [-0.2, -0.15) is 0 Å². The highest BCUT2D eigenvalue weighted by Crippen LogP contribution is 2.10. The van der Waals surface area contributed by atoms with E-state index >= 15 is 0 Å². The lowest BCUT2D eigenvalue weighted by atomic mass is 10.2. The molecule has 2 aromatic carbocycles. The lowest BCUT2D eigenvalue weighted by molar-refractivity contribution is 0.112. The van der Waals surface area contributed by atoms with Crippen LogP contribution in [0.15, 0.2) is 54.6 Å². The number of nitrogen functional groups attached to an aromatic ring is 2. The summed E-state index contributed by atoms with van der Waals surface area (Å²) in [6.45, 7) is 0. The maximum absolute atomic E-state index is 10.0. The van der Waals surface area contributed by atoms with Crippen molar-refractivity contribution in [3.63, 3.8) is 0 Å². The van der Waals surface area contributed by atoms with Crippen molar-refractivity contribution >= 4 is 17.7 Å². The van der Waals surface area contributed by atoms with Crippen LogP contribution in [0.3, 0.4) is 0 Å². The van der Waals surface area contributed by atoms with E-state index in [9.17, 15) is 4.79 Å². The zero-order chi connectivity index (χ0) is 11.8. The number of hydrogen-bond acceptors (Lipinski definition) is 3. The summed E-state index contributed by atoms with van der Waals surface area (Å²) in [6, 6.07) is 16.3. The maximum atomic E-state index is 10.0. The Balaban J connectivity index is 0.000000160. The summed E-state index contributed by atoms with van der Waals surface area (Å²) >= 11 is 0. The van der Waals surface area contributed by atoms with E-state index in [0.29, 0.717) is 11.4 Å². The number of carbonyl (C=O) groups is 1. The Kier molecular flexibility index (Phi) is 4.60. The quantitative estimate of drug-likeness (QED) is 0.565. The summed E-state index contributed by atoms with van der Waals surface area (Å²) in [5.41, 5.74) is 12.8. The Labute approximate surface area is 94.7 Å². The Morgan fingerprint density at radius 3 is 1.50 bits per heavy atom. The maximum Gasteiger partial charge on any atom is 0.150 e. The van der Waals surface area contributed by atoms with Crippen LogP contribution < -0.4 is 11.5 Å². The monoisotopic (exact) mass is 214 g/mol. The number of hydrogen-bond donors (Lipinski definition) is 2. The average molecular weight is 214 g/mol. The minimum atomic E-state index is 0.646. The normalized spacial score (nSPS) is 8.75. The van der Waals surface area contributed by atoms with E-state index in [0.717, 1.165) is 11.8 Å². The number of nitrogens with two attached hydrogens (primary N) is 2. The molecule has 0 aromatic heterocycles. The van der Waals surface area contributed by atoms with Crippen LogP contribution in [-0.4, -0.2) is 6.29 Å². The third-order valence-corrected chi connectivity index (χ3v) is 1.93. The first-order valence-electron chi connectivity index (χ1n) is 4.84. The summed E-state index contributed by atoms with van der Waals surface area (Å²) in [5.74, 6) is 0. The Morgan fingerprint density at radius 2 is 1.19 bits per heavy atom. The first kappa shape index (κ1) is 11.8. The number of benzene rings is 2. The van der Waals surface area contributed by atoms with Crippen LogP contribution in [0.4, 0.5) is 11.4 Å². The molecular weight excluding hydrogens is 200 g/mol. The fourth-order valence-corrected chi connectivity index (χ4v) is 1.04. The fourth-order valence-electron chi connectivity index (χ4n) is 1.04. The molecule has 0 saturated carbocycles. The highest BCUT2D eigenvalue weighted by Gasteiger charge is 1.85. The van der Waals surface area contributed by atoms with Gasteiger partial charge in [0, 0.05) is 5.56 Å².